The first kappa shape index (κ1) is 12.8. The summed E-state index contributed by atoms with van der Waals surface area (Å²) in [6.07, 6.45) is -5.74. The van der Waals surface area contributed by atoms with Gasteiger partial charge in [0, 0.05) is 0 Å². The molecule has 0 bridgehead atoms. The third kappa shape index (κ3) is 2.46. The van der Waals surface area contributed by atoms with Crippen LogP contribution in [0.1, 0.15) is 18.6 Å². The molecule has 1 rings (SSSR count). The van der Waals surface area contributed by atoms with Crippen molar-refractivity contribution in [3.63, 3.8) is 0 Å². The first-order chi connectivity index (χ1) is 7.29. The maximum Gasteiger partial charge on any atom is 0.463 e. The Morgan fingerprint density at radius 1 is 1.25 bits per heavy atom. The van der Waals surface area contributed by atoms with Gasteiger partial charge in [-0.15, -0.1) is 0 Å². The molecule has 4 nitrogen and oxygen atoms in total. The summed E-state index contributed by atoms with van der Waals surface area (Å²) in [5.74, 6) is -7.11. The zero-order chi connectivity index (χ0) is 12.4. The Kier molecular flexibility index (Phi) is 3.46. The van der Waals surface area contributed by atoms with Crippen LogP contribution in [0.2, 0.25) is 0 Å². The van der Waals surface area contributed by atoms with Crippen LogP contribution < -0.4 is 5.32 Å². The number of nitrogens with zero attached hydrogens (tertiary/aromatic N) is 2. The lowest BCUT2D eigenvalue weighted by Gasteiger charge is -2.14. The van der Waals surface area contributed by atoms with Crippen LogP contribution in [0, 0.1) is 0 Å². The second-order valence-corrected chi connectivity index (χ2v) is 2.87. The molecule has 1 aromatic heterocycles. The Bertz CT molecular complexity index is 348. The second-order valence-electron chi connectivity index (χ2n) is 2.87. The summed E-state index contributed by atoms with van der Waals surface area (Å²) in [7, 11) is 0. The lowest BCUT2D eigenvalue weighted by Crippen LogP contribution is -2.34. The van der Waals surface area contributed by atoms with E-state index in [-0.39, 0.29) is 12.4 Å². The molecule has 0 aliphatic carbocycles. The molecule has 9 heteroatoms. The Morgan fingerprint density at radius 3 is 2.38 bits per heavy atom. The first-order valence-electron chi connectivity index (χ1n) is 4.27. The fourth-order valence-electron chi connectivity index (χ4n) is 0.811. The Hall–Kier alpha value is -1.25. The highest BCUT2D eigenvalue weighted by molar-refractivity contribution is 4.97. The van der Waals surface area contributed by atoms with Gasteiger partial charge in [0.1, 0.15) is 0 Å². The molecular weight excluding hydrogens is 237 g/mol. The first-order valence-corrected chi connectivity index (χ1v) is 4.27. The molecule has 92 valence electrons. The molecule has 0 saturated carbocycles. The number of halogens is 5. The summed E-state index contributed by atoms with van der Waals surface area (Å²) in [5, 5.41) is 5.66. The number of rotatable bonds is 4. The summed E-state index contributed by atoms with van der Waals surface area (Å²) >= 11 is 0. The number of nitrogens with one attached hydrogen (secondary N) is 1. The van der Waals surface area contributed by atoms with Gasteiger partial charge in [0.05, 0.1) is 6.54 Å². The summed E-state index contributed by atoms with van der Waals surface area (Å²) in [4.78, 5) is 2.98. The molecule has 1 N–H and O–H groups in total. The monoisotopic (exact) mass is 245 g/mol. The van der Waals surface area contributed by atoms with Crippen molar-refractivity contribution in [2.75, 3.05) is 6.54 Å². The summed E-state index contributed by atoms with van der Waals surface area (Å²) in [5.41, 5.74) is 0. The van der Waals surface area contributed by atoms with Gasteiger partial charge in [0.15, 0.2) is 5.82 Å². The van der Waals surface area contributed by atoms with Crippen LogP contribution in [0.5, 0.6) is 0 Å². The molecule has 0 unspecified atom stereocenters. The van der Waals surface area contributed by atoms with E-state index in [1.807, 2.05) is 0 Å². The molecule has 0 aliphatic rings. The van der Waals surface area contributed by atoms with E-state index < -0.39 is 18.0 Å². The highest BCUT2D eigenvalue weighted by Crippen LogP contribution is 2.42. The van der Waals surface area contributed by atoms with Crippen molar-refractivity contribution in [2.24, 2.45) is 0 Å². The molecular formula is C7H8F5N3O. The van der Waals surface area contributed by atoms with Crippen molar-refractivity contribution in [3.8, 4) is 0 Å². The maximum absolute atomic E-state index is 12.7. The highest BCUT2D eigenvalue weighted by atomic mass is 19.4. The molecule has 0 radical (unpaired) electrons. The topological polar surface area (TPSA) is 51.0 Å². The van der Waals surface area contributed by atoms with Gasteiger partial charge in [0.25, 0.3) is 0 Å². The molecule has 16 heavy (non-hydrogen) atoms. The Labute approximate surface area is 86.8 Å². The van der Waals surface area contributed by atoms with E-state index in [0.717, 1.165) is 0 Å². The van der Waals surface area contributed by atoms with Crippen molar-refractivity contribution < 1.29 is 26.5 Å². The van der Waals surface area contributed by atoms with E-state index in [4.69, 9.17) is 0 Å². The lowest BCUT2D eigenvalue weighted by atomic mass is 10.3. The van der Waals surface area contributed by atoms with Crippen LogP contribution in [0.15, 0.2) is 4.52 Å². The molecule has 0 saturated heterocycles. The predicted octanol–water partition coefficient (Wildman–Crippen LogP) is 1.83. The van der Waals surface area contributed by atoms with Gasteiger partial charge in [-0.3, -0.25) is 0 Å². The third-order valence-electron chi connectivity index (χ3n) is 1.63. The smallest absolute Gasteiger partial charge is 0.332 e. The molecule has 0 amide bonds. The van der Waals surface area contributed by atoms with E-state index in [2.05, 4.69) is 20.0 Å². The van der Waals surface area contributed by atoms with Gasteiger partial charge in [-0.25, -0.2) is 0 Å². The van der Waals surface area contributed by atoms with Crippen molar-refractivity contribution in [1.29, 1.82) is 0 Å². The van der Waals surface area contributed by atoms with Gasteiger partial charge in [-0.05, 0) is 6.54 Å². The fourth-order valence-corrected chi connectivity index (χ4v) is 0.811. The highest BCUT2D eigenvalue weighted by Gasteiger charge is 2.63. The van der Waals surface area contributed by atoms with Crippen molar-refractivity contribution >= 4 is 0 Å². The van der Waals surface area contributed by atoms with E-state index >= 15 is 0 Å². The van der Waals surface area contributed by atoms with Gasteiger partial charge in [-0.2, -0.15) is 26.9 Å². The zero-order valence-corrected chi connectivity index (χ0v) is 8.11. The van der Waals surface area contributed by atoms with Crippen LogP contribution in [-0.2, 0) is 12.5 Å². The SMILES string of the molecule is CCNCc1noc(C(F)(F)C(F)(F)F)n1. The Morgan fingerprint density at radius 2 is 1.88 bits per heavy atom. The minimum atomic E-state index is -5.74. The Balaban J connectivity index is 2.85. The van der Waals surface area contributed by atoms with Crippen LogP contribution in [0.3, 0.4) is 0 Å². The zero-order valence-electron chi connectivity index (χ0n) is 8.11. The number of hydrogen-bond donors (Lipinski definition) is 1. The normalized spacial score (nSPS) is 13.1. The van der Waals surface area contributed by atoms with Gasteiger partial charge >= 0.3 is 18.0 Å². The van der Waals surface area contributed by atoms with Crippen LogP contribution >= 0.6 is 0 Å². The predicted molar refractivity (Wildman–Crippen MR) is 41.6 cm³/mol. The van der Waals surface area contributed by atoms with Crippen molar-refractivity contribution in [1.82, 2.24) is 15.5 Å². The van der Waals surface area contributed by atoms with Crippen LogP contribution in [-0.4, -0.2) is 22.9 Å². The summed E-state index contributed by atoms with van der Waals surface area (Å²) in [6, 6.07) is 0. The molecule has 1 heterocycles. The number of aromatic nitrogens is 2. The minimum absolute atomic E-state index is 0.0338. The quantitative estimate of drug-likeness (QED) is 0.822. The molecule has 0 aliphatic heterocycles. The largest absolute Gasteiger partial charge is 0.463 e. The summed E-state index contributed by atoms with van der Waals surface area (Å²) in [6.45, 7) is 2.19. The third-order valence-corrected chi connectivity index (χ3v) is 1.63. The van der Waals surface area contributed by atoms with E-state index in [1.54, 1.807) is 6.92 Å². The molecule has 0 atom stereocenters. The average molecular weight is 245 g/mol. The van der Waals surface area contributed by atoms with Gasteiger partial charge in [-0.1, -0.05) is 12.1 Å². The van der Waals surface area contributed by atoms with E-state index in [1.165, 1.54) is 0 Å². The lowest BCUT2D eigenvalue weighted by molar-refractivity contribution is -0.298. The minimum Gasteiger partial charge on any atom is -0.332 e. The molecule has 0 spiro atoms. The molecule has 0 aromatic carbocycles. The number of alkyl halides is 5. The van der Waals surface area contributed by atoms with Crippen molar-refractivity contribution in [3.05, 3.63) is 11.7 Å². The van der Waals surface area contributed by atoms with Crippen molar-refractivity contribution in [2.45, 2.75) is 25.6 Å². The van der Waals surface area contributed by atoms with Crippen LogP contribution in [0.25, 0.3) is 0 Å². The fraction of sp³-hybridized carbons (Fsp3) is 0.714. The second kappa shape index (κ2) is 4.32. The van der Waals surface area contributed by atoms with E-state index in [0.29, 0.717) is 6.54 Å². The maximum atomic E-state index is 12.7. The number of hydrogen-bond acceptors (Lipinski definition) is 4. The summed E-state index contributed by atoms with van der Waals surface area (Å²) < 4.78 is 64.9. The van der Waals surface area contributed by atoms with Gasteiger partial charge < -0.3 is 9.84 Å². The molecule has 1 aromatic rings. The van der Waals surface area contributed by atoms with E-state index in [9.17, 15) is 22.0 Å². The average Bonchev–Trinajstić information content (AvgIpc) is 2.61. The molecule has 0 fully saturated rings. The standard InChI is InChI=1S/C7H8F5N3O/c1-2-13-3-4-14-5(16-15-4)6(8,9)7(10,11)12/h13H,2-3H2,1H3. The van der Waals surface area contributed by atoms with Gasteiger partial charge in [0.2, 0.25) is 0 Å². The van der Waals surface area contributed by atoms with Crippen LogP contribution in [0.4, 0.5) is 22.0 Å².